The topological polar surface area (TPSA) is 21.3 Å². The zero-order valence-corrected chi connectivity index (χ0v) is 11.3. The lowest BCUT2D eigenvalue weighted by Gasteiger charge is -2.54. The molecule has 2 unspecified atom stereocenters. The van der Waals surface area contributed by atoms with E-state index < -0.39 is 0 Å². The van der Waals surface area contributed by atoms with E-state index in [9.17, 15) is 0 Å². The van der Waals surface area contributed by atoms with Gasteiger partial charge in [-0.25, -0.2) is 0 Å². The molecule has 2 heteroatoms. The molecule has 0 aromatic rings. The monoisotopic (exact) mass is 237 g/mol. The molecule has 3 aliphatic rings. The second kappa shape index (κ2) is 4.55. The van der Waals surface area contributed by atoms with Crippen molar-refractivity contribution in [3.8, 4) is 0 Å². The predicted octanol–water partition coefficient (Wildman–Crippen LogP) is 3.26. The maximum absolute atomic E-state index is 6.79. The Labute approximate surface area is 105 Å². The molecule has 3 rings (SSSR count). The van der Waals surface area contributed by atoms with Crippen molar-refractivity contribution in [2.24, 2.45) is 5.92 Å². The highest BCUT2D eigenvalue weighted by Crippen LogP contribution is 2.45. The van der Waals surface area contributed by atoms with E-state index in [1.54, 1.807) is 0 Å². The van der Waals surface area contributed by atoms with E-state index in [0.29, 0.717) is 0 Å². The first-order valence-electron chi connectivity index (χ1n) is 7.66. The van der Waals surface area contributed by atoms with Crippen molar-refractivity contribution < 1.29 is 4.74 Å². The zero-order chi connectivity index (χ0) is 11.8. The van der Waals surface area contributed by atoms with Gasteiger partial charge >= 0.3 is 0 Å². The van der Waals surface area contributed by atoms with Gasteiger partial charge in [0, 0.05) is 13.1 Å². The van der Waals surface area contributed by atoms with Crippen LogP contribution in [-0.4, -0.2) is 24.3 Å². The number of nitrogens with one attached hydrogen (secondary N) is 1. The normalized spacial score (nSPS) is 41.8. The third-order valence-electron chi connectivity index (χ3n) is 5.44. The first kappa shape index (κ1) is 12.0. The molecule has 3 fully saturated rings. The van der Waals surface area contributed by atoms with Gasteiger partial charge in [0.1, 0.15) is 0 Å². The number of morpholine rings is 1. The molecule has 2 saturated carbocycles. The van der Waals surface area contributed by atoms with Crippen molar-refractivity contribution in [1.29, 1.82) is 0 Å². The minimum atomic E-state index is 0.174. The lowest BCUT2D eigenvalue weighted by atomic mass is 9.73. The zero-order valence-electron chi connectivity index (χ0n) is 11.3. The van der Waals surface area contributed by atoms with Gasteiger partial charge in [-0.05, 0) is 31.6 Å². The quantitative estimate of drug-likeness (QED) is 0.698. The lowest BCUT2D eigenvalue weighted by molar-refractivity contribution is -0.221. The summed E-state index contributed by atoms with van der Waals surface area (Å²) in [4.78, 5) is 0. The molecule has 0 aromatic heterocycles. The van der Waals surface area contributed by atoms with Gasteiger partial charge in [-0.1, -0.05) is 39.0 Å². The molecule has 2 atom stereocenters. The van der Waals surface area contributed by atoms with Crippen LogP contribution in [0.2, 0.25) is 0 Å². The van der Waals surface area contributed by atoms with E-state index in [1.165, 1.54) is 57.8 Å². The van der Waals surface area contributed by atoms with Gasteiger partial charge in [0.05, 0.1) is 11.2 Å². The molecule has 1 heterocycles. The number of hydrogen-bond donors (Lipinski definition) is 1. The van der Waals surface area contributed by atoms with E-state index in [0.717, 1.165) is 19.0 Å². The first-order chi connectivity index (χ1) is 8.25. The van der Waals surface area contributed by atoms with Crippen LogP contribution in [0, 0.1) is 5.92 Å². The van der Waals surface area contributed by atoms with Crippen LogP contribution < -0.4 is 5.32 Å². The van der Waals surface area contributed by atoms with Gasteiger partial charge in [0.15, 0.2) is 0 Å². The standard InChI is InChI=1S/C15H27NO/c1-13-7-3-6-10-15(13)12-16-11-14(17-15)8-4-2-5-9-14/h13,16H,2-12H2,1H3. The fraction of sp³-hybridized carbons (Fsp3) is 1.00. The molecule has 2 nitrogen and oxygen atoms in total. The Balaban J connectivity index is 1.77. The Hall–Kier alpha value is -0.0800. The van der Waals surface area contributed by atoms with Crippen molar-refractivity contribution in [2.75, 3.05) is 13.1 Å². The molecule has 2 spiro atoms. The minimum Gasteiger partial charge on any atom is -0.366 e. The smallest absolute Gasteiger partial charge is 0.0839 e. The van der Waals surface area contributed by atoms with E-state index >= 15 is 0 Å². The van der Waals surface area contributed by atoms with Crippen LogP contribution in [0.1, 0.15) is 64.7 Å². The van der Waals surface area contributed by atoms with Crippen molar-refractivity contribution in [3.05, 3.63) is 0 Å². The maximum atomic E-state index is 6.79. The van der Waals surface area contributed by atoms with Gasteiger partial charge in [0.2, 0.25) is 0 Å². The molecule has 1 aliphatic heterocycles. The van der Waals surface area contributed by atoms with Crippen LogP contribution in [-0.2, 0) is 4.74 Å². The van der Waals surface area contributed by atoms with Crippen LogP contribution in [0.3, 0.4) is 0 Å². The molecule has 0 amide bonds. The van der Waals surface area contributed by atoms with Crippen molar-refractivity contribution in [1.82, 2.24) is 5.32 Å². The maximum Gasteiger partial charge on any atom is 0.0839 e. The van der Waals surface area contributed by atoms with Crippen molar-refractivity contribution >= 4 is 0 Å². The van der Waals surface area contributed by atoms with Gasteiger partial charge < -0.3 is 10.1 Å². The summed E-state index contributed by atoms with van der Waals surface area (Å²) in [7, 11) is 0. The summed E-state index contributed by atoms with van der Waals surface area (Å²) in [6.07, 6.45) is 12.1. The average molecular weight is 237 g/mol. The second-order valence-electron chi connectivity index (χ2n) is 6.66. The Kier molecular flexibility index (Phi) is 3.20. The third kappa shape index (κ3) is 2.15. The summed E-state index contributed by atoms with van der Waals surface area (Å²) in [5, 5.41) is 3.71. The molecule has 0 bridgehead atoms. The number of hydrogen-bond acceptors (Lipinski definition) is 2. The summed E-state index contributed by atoms with van der Waals surface area (Å²) >= 11 is 0. The molecule has 0 radical (unpaired) electrons. The second-order valence-corrected chi connectivity index (χ2v) is 6.66. The summed E-state index contributed by atoms with van der Waals surface area (Å²) < 4.78 is 6.79. The summed E-state index contributed by atoms with van der Waals surface area (Å²) in [6, 6.07) is 0. The fourth-order valence-corrected chi connectivity index (χ4v) is 4.28. The average Bonchev–Trinajstić information content (AvgIpc) is 2.34. The van der Waals surface area contributed by atoms with Crippen molar-refractivity contribution in [3.63, 3.8) is 0 Å². The largest absolute Gasteiger partial charge is 0.366 e. The molecular weight excluding hydrogens is 210 g/mol. The third-order valence-corrected chi connectivity index (χ3v) is 5.44. The Morgan fingerprint density at radius 3 is 2.47 bits per heavy atom. The number of ether oxygens (including phenoxy) is 1. The lowest BCUT2D eigenvalue weighted by Crippen LogP contribution is -2.63. The van der Waals surface area contributed by atoms with Crippen LogP contribution in [0.5, 0.6) is 0 Å². The Morgan fingerprint density at radius 1 is 0.941 bits per heavy atom. The number of rotatable bonds is 0. The van der Waals surface area contributed by atoms with Crippen LogP contribution in [0.4, 0.5) is 0 Å². The molecule has 0 aromatic carbocycles. The fourth-order valence-electron chi connectivity index (χ4n) is 4.28. The van der Waals surface area contributed by atoms with Gasteiger partial charge in [-0.2, -0.15) is 0 Å². The van der Waals surface area contributed by atoms with Gasteiger partial charge in [-0.15, -0.1) is 0 Å². The molecule has 17 heavy (non-hydrogen) atoms. The van der Waals surface area contributed by atoms with Gasteiger partial charge in [0.25, 0.3) is 0 Å². The summed E-state index contributed by atoms with van der Waals surface area (Å²) in [6.45, 7) is 4.60. The van der Waals surface area contributed by atoms with E-state index in [2.05, 4.69) is 12.2 Å². The highest BCUT2D eigenvalue weighted by molar-refractivity contribution is 5.01. The van der Waals surface area contributed by atoms with Crippen LogP contribution >= 0.6 is 0 Å². The molecule has 98 valence electrons. The van der Waals surface area contributed by atoms with E-state index in [-0.39, 0.29) is 11.2 Å². The molecule has 2 aliphatic carbocycles. The molecular formula is C15H27NO. The first-order valence-corrected chi connectivity index (χ1v) is 7.66. The van der Waals surface area contributed by atoms with E-state index in [4.69, 9.17) is 4.74 Å². The van der Waals surface area contributed by atoms with Crippen LogP contribution in [0.25, 0.3) is 0 Å². The SMILES string of the molecule is CC1CCCCC12CNCC1(CCCCC1)O2. The van der Waals surface area contributed by atoms with Gasteiger partial charge in [-0.3, -0.25) is 0 Å². The highest BCUT2D eigenvalue weighted by Gasteiger charge is 2.49. The van der Waals surface area contributed by atoms with Crippen molar-refractivity contribution in [2.45, 2.75) is 75.9 Å². The highest BCUT2D eigenvalue weighted by atomic mass is 16.5. The van der Waals surface area contributed by atoms with E-state index in [1.807, 2.05) is 0 Å². The molecule has 1 saturated heterocycles. The van der Waals surface area contributed by atoms with Crippen LogP contribution in [0.15, 0.2) is 0 Å². The minimum absolute atomic E-state index is 0.174. The summed E-state index contributed by atoms with van der Waals surface area (Å²) in [5.74, 6) is 0.739. The summed E-state index contributed by atoms with van der Waals surface area (Å²) in [5.41, 5.74) is 0.371. The Bertz CT molecular complexity index is 263. The Morgan fingerprint density at radius 2 is 1.71 bits per heavy atom. The molecule has 1 N–H and O–H groups in total. The predicted molar refractivity (Wildman–Crippen MR) is 70.1 cm³/mol.